The van der Waals surface area contributed by atoms with Crippen LogP contribution in [0.3, 0.4) is 0 Å². The van der Waals surface area contributed by atoms with Crippen molar-refractivity contribution in [1.29, 1.82) is 5.26 Å². The van der Waals surface area contributed by atoms with Crippen LogP contribution in [0.25, 0.3) is 0 Å². The number of halogens is 1. The lowest BCUT2D eigenvalue weighted by Gasteiger charge is -2.05. The topological polar surface area (TPSA) is 74.7 Å². The minimum absolute atomic E-state index is 0.442. The van der Waals surface area contributed by atoms with Crippen molar-refractivity contribution in [1.82, 2.24) is 10.1 Å². The highest BCUT2D eigenvalue weighted by Crippen LogP contribution is 2.19. The van der Waals surface area contributed by atoms with E-state index in [2.05, 4.69) is 20.0 Å². The Bertz CT molecular complexity index is 533. The number of benzene rings is 1. The van der Waals surface area contributed by atoms with Gasteiger partial charge in [0.15, 0.2) is 5.82 Å². The summed E-state index contributed by atoms with van der Waals surface area (Å²) >= 11 is 5.91. The van der Waals surface area contributed by atoms with Gasteiger partial charge in [0.25, 0.3) is 0 Å². The predicted octanol–water partition coefficient (Wildman–Crippen LogP) is 2.25. The number of nitrogens with zero attached hydrogens (tertiary/aromatic N) is 3. The molecule has 6 heteroatoms. The van der Waals surface area contributed by atoms with E-state index in [4.69, 9.17) is 16.9 Å². The van der Waals surface area contributed by atoms with Gasteiger partial charge < -0.3 is 9.84 Å². The molecular weight excluding hydrogens is 240 g/mol. The second-order valence-corrected chi connectivity index (χ2v) is 3.74. The number of hydrogen-bond donors (Lipinski definition) is 1. The SMILES string of the molecule is N#Cc1ccc(NCCc2ncon2)cc1Cl. The van der Waals surface area contributed by atoms with Crippen molar-refractivity contribution >= 4 is 17.3 Å². The van der Waals surface area contributed by atoms with Crippen LogP contribution in [0.5, 0.6) is 0 Å². The molecule has 0 atom stereocenters. The number of hydrogen-bond acceptors (Lipinski definition) is 5. The van der Waals surface area contributed by atoms with Gasteiger partial charge in [0, 0.05) is 18.7 Å². The third-order valence-electron chi connectivity index (χ3n) is 2.17. The van der Waals surface area contributed by atoms with Crippen molar-refractivity contribution in [3.05, 3.63) is 41.0 Å². The third kappa shape index (κ3) is 2.95. The van der Waals surface area contributed by atoms with E-state index in [-0.39, 0.29) is 0 Å². The van der Waals surface area contributed by atoms with Crippen LogP contribution >= 0.6 is 11.6 Å². The molecule has 0 fully saturated rings. The first-order chi connectivity index (χ1) is 8.29. The fourth-order valence-electron chi connectivity index (χ4n) is 1.34. The number of aromatic nitrogens is 2. The monoisotopic (exact) mass is 248 g/mol. The zero-order valence-electron chi connectivity index (χ0n) is 8.85. The Morgan fingerprint density at radius 2 is 2.35 bits per heavy atom. The smallest absolute Gasteiger partial charge is 0.213 e. The van der Waals surface area contributed by atoms with E-state index in [1.54, 1.807) is 18.2 Å². The van der Waals surface area contributed by atoms with Crippen molar-refractivity contribution in [3.63, 3.8) is 0 Å². The van der Waals surface area contributed by atoms with Crippen LogP contribution in [-0.2, 0) is 6.42 Å². The Morgan fingerprint density at radius 1 is 1.47 bits per heavy atom. The molecule has 1 aromatic heterocycles. The van der Waals surface area contributed by atoms with E-state index in [0.29, 0.717) is 29.4 Å². The molecule has 0 spiro atoms. The first kappa shape index (κ1) is 11.4. The molecule has 0 saturated carbocycles. The van der Waals surface area contributed by atoms with Gasteiger partial charge in [-0.15, -0.1) is 0 Å². The molecule has 17 heavy (non-hydrogen) atoms. The van der Waals surface area contributed by atoms with Crippen LogP contribution in [0.15, 0.2) is 29.1 Å². The van der Waals surface area contributed by atoms with Gasteiger partial charge >= 0.3 is 0 Å². The van der Waals surface area contributed by atoms with Gasteiger partial charge in [-0.3, -0.25) is 0 Å². The average molecular weight is 249 g/mol. The van der Waals surface area contributed by atoms with Gasteiger partial charge in [-0.2, -0.15) is 10.2 Å². The van der Waals surface area contributed by atoms with Crippen LogP contribution in [0, 0.1) is 11.3 Å². The third-order valence-corrected chi connectivity index (χ3v) is 2.49. The molecule has 0 unspecified atom stereocenters. The maximum atomic E-state index is 8.73. The molecule has 0 amide bonds. The Labute approximate surface area is 103 Å². The van der Waals surface area contributed by atoms with Gasteiger partial charge in [0.2, 0.25) is 6.39 Å². The average Bonchev–Trinajstić information content (AvgIpc) is 2.82. The molecule has 2 aromatic rings. The van der Waals surface area contributed by atoms with Crippen molar-refractivity contribution in [2.24, 2.45) is 0 Å². The molecule has 0 aliphatic rings. The van der Waals surface area contributed by atoms with Gasteiger partial charge in [-0.05, 0) is 18.2 Å². The Hall–Kier alpha value is -2.06. The summed E-state index contributed by atoms with van der Waals surface area (Å²) in [5.41, 5.74) is 1.33. The molecule has 1 heterocycles. The normalized spacial score (nSPS) is 9.88. The number of rotatable bonds is 4. The van der Waals surface area contributed by atoms with E-state index in [0.717, 1.165) is 5.69 Å². The van der Waals surface area contributed by atoms with Crippen molar-refractivity contribution in [2.75, 3.05) is 11.9 Å². The van der Waals surface area contributed by atoms with Crippen LogP contribution < -0.4 is 5.32 Å². The molecule has 0 aliphatic heterocycles. The fourth-order valence-corrected chi connectivity index (χ4v) is 1.56. The van der Waals surface area contributed by atoms with Gasteiger partial charge in [-0.25, -0.2) is 0 Å². The predicted molar refractivity (Wildman–Crippen MR) is 62.7 cm³/mol. The minimum atomic E-state index is 0.442. The largest absolute Gasteiger partial charge is 0.385 e. The van der Waals surface area contributed by atoms with E-state index < -0.39 is 0 Å². The van der Waals surface area contributed by atoms with E-state index in [1.165, 1.54) is 6.39 Å². The summed E-state index contributed by atoms with van der Waals surface area (Å²) in [5.74, 6) is 0.650. The lowest BCUT2D eigenvalue weighted by molar-refractivity contribution is 0.410. The molecule has 0 saturated heterocycles. The van der Waals surface area contributed by atoms with Crippen LogP contribution in [0.1, 0.15) is 11.4 Å². The highest BCUT2D eigenvalue weighted by molar-refractivity contribution is 6.32. The van der Waals surface area contributed by atoms with Crippen molar-refractivity contribution in [3.8, 4) is 6.07 Å². The molecule has 0 radical (unpaired) electrons. The van der Waals surface area contributed by atoms with Gasteiger partial charge in [0.1, 0.15) is 6.07 Å². The zero-order chi connectivity index (χ0) is 12.1. The van der Waals surface area contributed by atoms with E-state index in [9.17, 15) is 0 Å². The highest BCUT2D eigenvalue weighted by Gasteiger charge is 2.01. The molecular formula is C11H9ClN4O. The molecule has 1 N–H and O–H groups in total. The molecule has 86 valence electrons. The summed E-state index contributed by atoms with van der Waals surface area (Å²) in [6, 6.07) is 7.21. The molecule has 2 rings (SSSR count). The first-order valence-corrected chi connectivity index (χ1v) is 5.36. The summed E-state index contributed by atoms with van der Waals surface area (Å²) < 4.78 is 4.62. The maximum absolute atomic E-state index is 8.73. The number of nitrogens with one attached hydrogen (secondary N) is 1. The molecule has 0 aliphatic carbocycles. The van der Waals surface area contributed by atoms with Crippen LogP contribution in [0.4, 0.5) is 5.69 Å². The zero-order valence-corrected chi connectivity index (χ0v) is 9.61. The Kier molecular flexibility index (Phi) is 3.58. The van der Waals surface area contributed by atoms with Crippen LogP contribution in [-0.4, -0.2) is 16.7 Å². The van der Waals surface area contributed by atoms with Gasteiger partial charge in [0.05, 0.1) is 10.6 Å². The standard InChI is InChI=1S/C11H9ClN4O/c12-10-5-9(2-1-8(10)6-13)14-4-3-11-15-7-17-16-11/h1-2,5,7,14H,3-4H2. The summed E-state index contributed by atoms with van der Waals surface area (Å²) in [5, 5.41) is 16.0. The van der Waals surface area contributed by atoms with E-state index in [1.807, 2.05) is 6.07 Å². The first-order valence-electron chi connectivity index (χ1n) is 4.98. The minimum Gasteiger partial charge on any atom is -0.385 e. The Morgan fingerprint density at radius 3 is 3.00 bits per heavy atom. The lowest BCUT2D eigenvalue weighted by atomic mass is 10.2. The van der Waals surface area contributed by atoms with Crippen molar-refractivity contribution in [2.45, 2.75) is 6.42 Å². The van der Waals surface area contributed by atoms with Crippen molar-refractivity contribution < 1.29 is 4.52 Å². The number of anilines is 1. The Balaban J connectivity index is 1.91. The van der Waals surface area contributed by atoms with Gasteiger partial charge in [-0.1, -0.05) is 16.8 Å². The summed E-state index contributed by atoms with van der Waals surface area (Å²) in [4.78, 5) is 3.91. The molecule has 5 nitrogen and oxygen atoms in total. The molecule has 0 bridgehead atoms. The molecule has 1 aromatic carbocycles. The maximum Gasteiger partial charge on any atom is 0.213 e. The summed E-state index contributed by atoms with van der Waals surface area (Å²) in [7, 11) is 0. The summed E-state index contributed by atoms with van der Waals surface area (Å²) in [6.45, 7) is 0.668. The quantitative estimate of drug-likeness (QED) is 0.898. The van der Waals surface area contributed by atoms with Crippen LogP contribution in [0.2, 0.25) is 5.02 Å². The fraction of sp³-hybridized carbons (Fsp3) is 0.182. The van der Waals surface area contributed by atoms with E-state index >= 15 is 0 Å². The number of nitriles is 1. The highest BCUT2D eigenvalue weighted by atomic mass is 35.5. The summed E-state index contributed by atoms with van der Waals surface area (Å²) in [6.07, 6.45) is 1.96. The lowest BCUT2D eigenvalue weighted by Crippen LogP contribution is -2.05. The second-order valence-electron chi connectivity index (χ2n) is 3.33. The second kappa shape index (κ2) is 5.32.